The highest BCUT2D eigenvalue weighted by Crippen LogP contribution is 2.28. The number of nitrogens with zero attached hydrogens (tertiary/aromatic N) is 3. The van der Waals surface area contributed by atoms with Gasteiger partial charge >= 0.3 is 0 Å². The second-order valence-electron chi connectivity index (χ2n) is 6.76. The number of alkyl halides is 2. The minimum atomic E-state index is -2.67. The van der Waals surface area contributed by atoms with Gasteiger partial charge in [0.2, 0.25) is 0 Å². The summed E-state index contributed by atoms with van der Waals surface area (Å²) in [6.07, 6.45) is 0.506. The van der Waals surface area contributed by atoms with Crippen LogP contribution in [0.25, 0.3) is 0 Å². The normalized spacial score (nSPS) is 24.3. The molecule has 1 atom stereocenters. The molecule has 0 N–H and O–H groups in total. The van der Waals surface area contributed by atoms with Crippen LogP contribution >= 0.6 is 0 Å². The summed E-state index contributed by atoms with van der Waals surface area (Å²) in [5.74, 6) is -2.89. The molecule has 1 aromatic heterocycles. The minimum absolute atomic E-state index is 0.0699. The first-order valence-electron chi connectivity index (χ1n) is 8.50. The number of piperidine rings is 1. The first kappa shape index (κ1) is 18.0. The third kappa shape index (κ3) is 4.43. The molecule has 0 aliphatic carbocycles. The maximum absolute atomic E-state index is 13.2. The lowest BCUT2D eigenvalue weighted by Crippen LogP contribution is -2.53. The van der Waals surface area contributed by atoms with E-state index in [9.17, 15) is 18.4 Å². The number of halogens is 2. The van der Waals surface area contributed by atoms with Gasteiger partial charge in [-0.2, -0.15) is 0 Å². The van der Waals surface area contributed by atoms with Crippen LogP contribution in [-0.4, -0.2) is 65.1 Å². The molecule has 0 radical (unpaired) electrons. The van der Waals surface area contributed by atoms with Gasteiger partial charge in [0.15, 0.2) is 0 Å². The molecule has 1 amide bonds. The van der Waals surface area contributed by atoms with Crippen molar-refractivity contribution in [3.05, 3.63) is 34.2 Å². The highest BCUT2D eigenvalue weighted by Gasteiger charge is 2.38. The van der Waals surface area contributed by atoms with E-state index in [1.807, 2.05) is 6.07 Å². The number of ether oxygens (including phenoxy) is 1. The Morgan fingerprint density at radius 1 is 1.32 bits per heavy atom. The molecule has 2 aliphatic rings. The van der Waals surface area contributed by atoms with E-state index in [-0.39, 0.29) is 37.4 Å². The standard InChI is InChI=1S/C17H23F2N3O3/c1-20-5-2-13(10-15(20)23)11-21-8-9-25-14(12-21)16(24)22-6-3-17(18,19)4-7-22/h2,5,10,14H,3-4,6-9,11-12H2,1H3. The van der Waals surface area contributed by atoms with Crippen molar-refractivity contribution < 1.29 is 18.3 Å². The van der Waals surface area contributed by atoms with Crippen LogP contribution in [0, 0.1) is 0 Å². The Kier molecular flexibility index (Phi) is 5.19. The lowest BCUT2D eigenvalue weighted by atomic mass is 10.1. The summed E-state index contributed by atoms with van der Waals surface area (Å²) in [4.78, 5) is 27.8. The zero-order valence-electron chi connectivity index (χ0n) is 14.3. The average molecular weight is 355 g/mol. The predicted octanol–water partition coefficient (Wildman–Crippen LogP) is 0.844. The van der Waals surface area contributed by atoms with Crippen LogP contribution in [0.5, 0.6) is 0 Å². The Balaban J connectivity index is 1.58. The fraction of sp³-hybridized carbons (Fsp3) is 0.647. The lowest BCUT2D eigenvalue weighted by molar-refractivity contribution is -0.155. The van der Waals surface area contributed by atoms with Crippen LogP contribution in [0.3, 0.4) is 0 Å². The fourth-order valence-electron chi connectivity index (χ4n) is 3.20. The number of amides is 1. The molecular formula is C17H23F2N3O3. The summed E-state index contributed by atoms with van der Waals surface area (Å²) in [6.45, 7) is 2.17. The van der Waals surface area contributed by atoms with Crippen molar-refractivity contribution in [2.24, 2.45) is 7.05 Å². The Morgan fingerprint density at radius 3 is 2.72 bits per heavy atom. The maximum Gasteiger partial charge on any atom is 0.253 e. The molecule has 0 saturated carbocycles. The molecule has 0 aromatic carbocycles. The van der Waals surface area contributed by atoms with Gasteiger partial charge in [-0.1, -0.05) is 0 Å². The van der Waals surface area contributed by atoms with E-state index in [0.29, 0.717) is 26.2 Å². The summed E-state index contributed by atoms with van der Waals surface area (Å²) in [6, 6.07) is 3.46. The number of hydrogen-bond acceptors (Lipinski definition) is 4. The first-order chi connectivity index (χ1) is 11.8. The number of pyridine rings is 1. The molecule has 2 saturated heterocycles. The number of carbonyl (C=O) groups excluding carboxylic acids is 1. The van der Waals surface area contributed by atoms with E-state index in [4.69, 9.17) is 4.74 Å². The zero-order valence-corrected chi connectivity index (χ0v) is 14.3. The van der Waals surface area contributed by atoms with E-state index in [2.05, 4.69) is 4.90 Å². The van der Waals surface area contributed by atoms with Crippen LogP contribution in [0.2, 0.25) is 0 Å². The van der Waals surface area contributed by atoms with Crippen molar-refractivity contribution in [3.63, 3.8) is 0 Å². The third-order valence-corrected chi connectivity index (χ3v) is 4.81. The fourth-order valence-corrected chi connectivity index (χ4v) is 3.20. The summed E-state index contributed by atoms with van der Waals surface area (Å²) in [5.41, 5.74) is 0.807. The van der Waals surface area contributed by atoms with Gasteiger partial charge in [-0.05, 0) is 11.6 Å². The van der Waals surface area contributed by atoms with Gasteiger partial charge in [-0.15, -0.1) is 0 Å². The minimum Gasteiger partial charge on any atom is -0.366 e. The largest absolute Gasteiger partial charge is 0.366 e. The van der Waals surface area contributed by atoms with E-state index < -0.39 is 12.0 Å². The monoisotopic (exact) mass is 355 g/mol. The molecule has 0 bridgehead atoms. The van der Waals surface area contributed by atoms with E-state index >= 15 is 0 Å². The van der Waals surface area contributed by atoms with Gasteiger partial charge in [0.05, 0.1) is 6.61 Å². The molecule has 3 heterocycles. The zero-order chi connectivity index (χ0) is 18.0. The molecule has 1 aromatic rings. The summed E-state index contributed by atoms with van der Waals surface area (Å²) in [5, 5.41) is 0. The number of aromatic nitrogens is 1. The van der Waals surface area contributed by atoms with Crippen LogP contribution in [0.15, 0.2) is 23.1 Å². The van der Waals surface area contributed by atoms with Crippen molar-refractivity contribution in [2.45, 2.75) is 31.4 Å². The average Bonchev–Trinajstić information content (AvgIpc) is 2.58. The molecule has 2 fully saturated rings. The highest BCUT2D eigenvalue weighted by molar-refractivity contribution is 5.81. The lowest BCUT2D eigenvalue weighted by Gasteiger charge is -2.37. The Morgan fingerprint density at radius 2 is 2.04 bits per heavy atom. The smallest absolute Gasteiger partial charge is 0.253 e. The molecular weight excluding hydrogens is 332 g/mol. The van der Waals surface area contributed by atoms with Gasteiger partial charge in [-0.25, -0.2) is 8.78 Å². The van der Waals surface area contributed by atoms with Crippen molar-refractivity contribution in [3.8, 4) is 0 Å². The van der Waals surface area contributed by atoms with Crippen molar-refractivity contribution in [1.29, 1.82) is 0 Å². The van der Waals surface area contributed by atoms with E-state index in [1.54, 1.807) is 19.3 Å². The van der Waals surface area contributed by atoms with Crippen molar-refractivity contribution in [2.75, 3.05) is 32.8 Å². The Hall–Kier alpha value is -1.80. The van der Waals surface area contributed by atoms with Gasteiger partial charge in [0.25, 0.3) is 17.4 Å². The van der Waals surface area contributed by atoms with Crippen LogP contribution in [0.1, 0.15) is 18.4 Å². The van der Waals surface area contributed by atoms with Crippen LogP contribution in [0.4, 0.5) is 8.78 Å². The first-order valence-corrected chi connectivity index (χ1v) is 8.50. The number of aryl methyl sites for hydroxylation is 1. The molecule has 3 rings (SSSR count). The molecule has 0 spiro atoms. The number of rotatable bonds is 3. The number of hydrogen-bond donors (Lipinski definition) is 0. The Labute approximate surface area is 145 Å². The number of morpholine rings is 1. The second kappa shape index (κ2) is 7.21. The number of likely N-dealkylation sites (tertiary alicyclic amines) is 1. The molecule has 138 valence electrons. The number of carbonyl (C=O) groups is 1. The predicted molar refractivity (Wildman–Crippen MR) is 87.5 cm³/mol. The third-order valence-electron chi connectivity index (χ3n) is 4.81. The molecule has 2 aliphatic heterocycles. The van der Waals surface area contributed by atoms with Gasteiger partial charge in [0, 0.05) is 64.9 Å². The van der Waals surface area contributed by atoms with E-state index in [0.717, 1.165) is 5.56 Å². The maximum atomic E-state index is 13.2. The van der Waals surface area contributed by atoms with Crippen LogP contribution in [-0.2, 0) is 23.1 Å². The molecule has 6 nitrogen and oxygen atoms in total. The second-order valence-corrected chi connectivity index (χ2v) is 6.76. The summed E-state index contributed by atoms with van der Waals surface area (Å²) < 4.78 is 33.6. The highest BCUT2D eigenvalue weighted by atomic mass is 19.3. The molecule has 25 heavy (non-hydrogen) atoms. The van der Waals surface area contributed by atoms with E-state index in [1.165, 1.54) is 9.47 Å². The van der Waals surface area contributed by atoms with Gasteiger partial charge in [-0.3, -0.25) is 14.5 Å². The molecule has 1 unspecified atom stereocenters. The van der Waals surface area contributed by atoms with Gasteiger partial charge in [0.1, 0.15) is 6.10 Å². The summed E-state index contributed by atoms with van der Waals surface area (Å²) >= 11 is 0. The van der Waals surface area contributed by atoms with Crippen LogP contribution < -0.4 is 5.56 Å². The summed E-state index contributed by atoms with van der Waals surface area (Å²) in [7, 11) is 1.69. The van der Waals surface area contributed by atoms with Gasteiger partial charge < -0.3 is 14.2 Å². The topological polar surface area (TPSA) is 54.8 Å². The quantitative estimate of drug-likeness (QED) is 0.807. The SMILES string of the molecule is Cn1ccc(CN2CCOC(C(=O)N3CCC(F)(F)CC3)C2)cc1=O. The van der Waals surface area contributed by atoms with Crippen molar-refractivity contribution in [1.82, 2.24) is 14.4 Å². The van der Waals surface area contributed by atoms with Crippen molar-refractivity contribution >= 4 is 5.91 Å². The Bertz CT molecular complexity index is 682. The molecule has 8 heteroatoms.